The van der Waals surface area contributed by atoms with E-state index in [9.17, 15) is 9.90 Å². The van der Waals surface area contributed by atoms with Crippen LogP contribution in [0.2, 0.25) is 0 Å². The van der Waals surface area contributed by atoms with Crippen LogP contribution in [0.3, 0.4) is 0 Å². The number of para-hydroxylation sites is 1. The van der Waals surface area contributed by atoms with Gasteiger partial charge in [0.25, 0.3) is 0 Å². The van der Waals surface area contributed by atoms with Gasteiger partial charge in [0.1, 0.15) is 17.6 Å². The topological polar surface area (TPSA) is 55.8 Å². The highest BCUT2D eigenvalue weighted by Crippen LogP contribution is 2.34. The molecule has 0 bridgehead atoms. The molecule has 0 aromatic heterocycles. The van der Waals surface area contributed by atoms with Crippen molar-refractivity contribution in [2.24, 2.45) is 0 Å². The van der Waals surface area contributed by atoms with Crippen LogP contribution in [0.1, 0.15) is 22.0 Å². The Morgan fingerprint density at radius 1 is 1.15 bits per heavy atom. The average Bonchev–Trinajstić information content (AvgIpc) is 2.84. The zero-order valence-corrected chi connectivity index (χ0v) is 10.9. The van der Waals surface area contributed by atoms with Crippen molar-refractivity contribution < 1.29 is 19.4 Å². The van der Waals surface area contributed by atoms with Gasteiger partial charge in [-0.1, -0.05) is 24.3 Å². The number of aliphatic hydroxyl groups excluding tert-OH is 1. The van der Waals surface area contributed by atoms with Crippen molar-refractivity contribution >= 4 is 5.78 Å². The maximum atomic E-state index is 12.2. The van der Waals surface area contributed by atoms with E-state index in [4.69, 9.17) is 9.47 Å². The lowest BCUT2D eigenvalue weighted by Crippen LogP contribution is -2.28. The largest absolute Gasteiger partial charge is 0.497 e. The Morgan fingerprint density at radius 2 is 1.85 bits per heavy atom. The zero-order chi connectivity index (χ0) is 14.1. The molecule has 102 valence electrons. The van der Waals surface area contributed by atoms with E-state index in [1.165, 1.54) is 0 Å². The maximum Gasteiger partial charge on any atom is 0.210 e. The summed E-state index contributed by atoms with van der Waals surface area (Å²) < 4.78 is 10.6. The van der Waals surface area contributed by atoms with Crippen molar-refractivity contribution in [1.82, 2.24) is 0 Å². The number of benzene rings is 2. The third-order valence-electron chi connectivity index (χ3n) is 3.41. The molecule has 0 unspecified atom stereocenters. The highest BCUT2D eigenvalue weighted by atomic mass is 16.5. The molecular formula is C16H14O4. The minimum Gasteiger partial charge on any atom is -0.497 e. The molecule has 1 aliphatic heterocycles. The summed E-state index contributed by atoms with van der Waals surface area (Å²) in [6.45, 7) is 0. The van der Waals surface area contributed by atoms with E-state index in [-0.39, 0.29) is 5.78 Å². The highest BCUT2D eigenvalue weighted by Gasteiger charge is 2.38. The van der Waals surface area contributed by atoms with Crippen molar-refractivity contribution in [3.8, 4) is 11.5 Å². The van der Waals surface area contributed by atoms with E-state index in [2.05, 4.69) is 0 Å². The minimum atomic E-state index is -0.999. The molecule has 0 saturated heterocycles. The molecule has 0 saturated carbocycles. The van der Waals surface area contributed by atoms with Gasteiger partial charge in [-0.25, -0.2) is 0 Å². The number of Topliss-reactive ketones (excluding diaryl/α,β-unsaturated/α-hetero) is 1. The molecule has 0 radical (unpaired) electrons. The summed E-state index contributed by atoms with van der Waals surface area (Å²) in [5.74, 6) is 1.03. The van der Waals surface area contributed by atoms with E-state index < -0.39 is 12.2 Å². The number of aliphatic hydroxyl groups is 1. The predicted octanol–water partition coefficient (Wildman–Crippen LogP) is 2.37. The molecule has 2 atom stereocenters. The molecule has 1 N–H and O–H groups in total. The van der Waals surface area contributed by atoms with Crippen LogP contribution < -0.4 is 9.47 Å². The van der Waals surface area contributed by atoms with Crippen LogP contribution in [0, 0.1) is 0 Å². The fourth-order valence-electron chi connectivity index (χ4n) is 2.30. The van der Waals surface area contributed by atoms with Crippen molar-refractivity contribution in [2.75, 3.05) is 7.11 Å². The minimum absolute atomic E-state index is 0.191. The first-order valence-corrected chi connectivity index (χ1v) is 6.32. The summed E-state index contributed by atoms with van der Waals surface area (Å²) >= 11 is 0. The summed E-state index contributed by atoms with van der Waals surface area (Å²) in [5, 5.41) is 10.3. The van der Waals surface area contributed by atoms with Gasteiger partial charge in [-0.05, 0) is 29.8 Å². The molecular weight excluding hydrogens is 256 g/mol. The van der Waals surface area contributed by atoms with Gasteiger partial charge in [-0.3, -0.25) is 4.79 Å². The van der Waals surface area contributed by atoms with Gasteiger partial charge in [0.15, 0.2) is 6.10 Å². The van der Waals surface area contributed by atoms with Crippen LogP contribution in [0.15, 0.2) is 48.5 Å². The summed E-state index contributed by atoms with van der Waals surface area (Å²) in [6.07, 6.45) is -1.89. The third-order valence-corrected chi connectivity index (χ3v) is 3.41. The number of carbonyl (C=O) groups excluding carboxylic acids is 1. The molecule has 0 aliphatic carbocycles. The molecule has 20 heavy (non-hydrogen) atoms. The average molecular weight is 270 g/mol. The molecule has 2 aromatic carbocycles. The number of ketones is 1. The SMILES string of the molecule is COc1ccc([C@@H](O)[C@@H]2Oc3ccccc3C2=O)cc1. The Hall–Kier alpha value is -2.33. The fraction of sp³-hybridized carbons (Fsp3) is 0.188. The Balaban J connectivity index is 1.85. The van der Waals surface area contributed by atoms with Crippen LogP contribution in [0.4, 0.5) is 0 Å². The van der Waals surface area contributed by atoms with Gasteiger partial charge in [-0.2, -0.15) is 0 Å². The Kier molecular flexibility index (Phi) is 3.16. The summed E-state index contributed by atoms with van der Waals surface area (Å²) in [5.41, 5.74) is 1.14. The van der Waals surface area contributed by atoms with Gasteiger partial charge in [0, 0.05) is 0 Å². The van der Waals surface area contributed by atoms with Gasteiger partial charge in [-0.15, -0.1) is 0 Å². The monoisotopic (exact) mass is 270 g/mol. The number of methoxy groups -OCH3 is 1. The first-order valence-electron chi connectivity index (χ1n) is 6.32. The molecule has 3 rings (SSSR count). The molecule has 0 spiro atoms. The lowest BCUT2D eigenvalue weighted by Gasteiger charge is -2.17. The summed E-state index contributed by atoms with van der Waals surface area (Å²) in [6, 6.07) is 13.9. The van der Waals surface area contributed by atoms with Crippen molar-refractivity contribution in [1.29, 1.82) is 0 Å². The normalized spacial score (nSPS) is 18.3. The second-order valence-electron chi connectivity index (χ2n) is 4.62. The van der Waals surface area contributed by atoms with Crippen LogP contribution in [0.5, 0.6) is 11.5 Å². The quantitative estimate of drug-likeness (QED) is 0.930. The highest BCUT2D eigenvalue weighted by molar-refractivity contribution is 6.04. The Bertz CT molecular complexity index is 633. The molecule has 1 aliphatic rings. The van der Waals surface area contributed by atoms with Crippen LogP contribution in [0.25, 0.3) is 0 Å². The standard InChI is InChI=1S/C16H14O4/c1-19-11-8-6-10(7-9-11)14(17)16-15(18)12-4-2-3-5-13(12)20-16/h2-9,14,16-17H,1H3/t14-,16+/m1/s1. The van der Waals surface area contributed by atoms with Gasteiger partial charge in [0.2, 0.25) is 5.78 Å². The lowest BCUT2D eigenvalue weighted by atomic mass is 9.99. The number of rotatable bonds is 3. The number of hydrogen-bond donors (Lipinski definition) is 1. The van der Waals surface area contributed by atoms with Crippen molar-refractivity contribution in [3.63, 3.8) is 0 Å². The second kappa shape index (κ2) is 4.98. The summed E-state index contributed by atoms with van der Waals surface area (Å²) in [7, 11) is 1.58. The van der Waals surface area contributed by atoms with E-state index in [0.29, 0.717) is 22.6 Å². The summed E-state index contributed by atoms with van der Waals surface area (Å²) in [4.78, 5) is 12.2. The van der Waals surface area contributed by atoms with Crippen LogP contribution in [-0.2, 0) is 0 Å². The van der Waals surface area contributed by atoms with Gasteiger partial charge in [0.05, 0.1) is 12.7 Å². The van der Waals surface area contributed by atoms with E-state index in [1.54, 1.807) is 55.6 Å². The number of ether oxygens (including phenoxy) is 2. The van der Waals surface area contributed by atoms with E-state index >= 15 is 0 Å². The molecule has 0 fully saturated rings. The number of fused-ring (bicyclic) bond motifs is 1. The first kappa shape index (κ1) is 12.7. The molecule has 4 nitrogen and oxygen atoms in total. The van der Waals surface area contributed by atoms with Crippen molar-refractivity contribution in [2.45, 2.75) is 12.2 Å². The van der Waals surface area contributed by atoms with E-state index in [1.807, 2.05) is 0 Å². The smallest absolute Gasteiger partial charge is 0.210 e. The first-order chi connectivity index (χ1) is 9.70. The number of hydrogen-bond acceptors (Lipinski definition) is 4. The van der Waals surface area contributed by atoms with Gasteiger partial charge < -0.3 is 14.6 Å². The van der Waals surface area contributed by atoms with Crippen molar-refractivity contribution in [3.05, 3.63) is 59.7 Å². The second-order valence-corrected chi connectivity index (χ2v) is 4.62. The van der Waals surface area contributed by atoms with E-state index in [0.717, 1.165) is 0 Å². The molecule has 1 heterocycles. The fourth-order valence-corrected chi connectivity index (χ4v) is 2.30. The third kappa shape index (κ3) is 2.04. The number of carbonyl (C=O) groups is 1. The maximum absolute atomic E-state index is 12.2. The zero-order valence-electron chi connectivity index (χ0n) is 10.9. The Labute approximate surface area is 116 Å². The van der Waals surface area contributed by atoms with Crippen LogP contribution in [-0.4, -0.2) is 24.1 Å². The molecule has 2 aromatic rings. The lowest BCUT2D eigenvalue weighted by molar-refractivity contribution is 0.0407. The molecule has 0 amide bonds. The Morgan fingerprint density at radius 3 is 2.50 bits per heavy atom. The van der Waals surface area contributed by atoms with Crippen LogP contribution >= 0.6 is 0 Å². The van der Waals surface area contributed by atoms with Gasteiger partial charge >= 0.3 is 0 Å². The predicted molar refractivity (Wildman–Crippen MR) is 73.1 cm³/mol. The molecule has 4 heteroatoms.